The van der Waals surface area contributed by atoms with Crippen LogP contribution in [0.1, 0.15) is 10.4 Å². The minimum Gasteiger partial charge on any atom is -0.349 e. The van der Waals surface area contributed by atoms with Gasteiger partial charge in [-0.25, -0.2) is 0 Å². The summed E-state index contributed by atoms with van der Waals surface area (Å²) in [6, 6.07) is 3.24. The Hall–Kier alpha value is -1.26. The van der Waals surface area contributed by atoms with Crippen LogP contribution >= 0.6 is 0 Å². The van der Waals surface area contributed by atoms with E-state index in [-0.39, 0.29) is 5.78 Å². The van der Waals surface area contributed by atoms with Gasteiger partial charge in [-0.05, 0) is 12.1 Å². The first-order valence-corrected chi connectivity index (χ1v) is 3.79. The maximum atomic E-state index is 11.5. The largest absolute Gasteiger partial charge is 0.349 e. The standard InChI is InChI=1S/C9H11NO3/c1-12-9(13-2)8(11)7-3-5-10-6-4-7/h3-6,9H,1-2H3. The molecular formula is C9H11NO3. The molecular weight excluding hydrogens is 170 g/mol. The van der Waals surface area contributed by atoms with Crippen molar-refractivity contribution >= 4 is 5.78 Å². The summed E-state index contributed by atoms with van der Waals surface area (Å²) in [6.07, 6.45) is 2.27. The number of Topliss-reactive ketones (excluding diaryl/α,β-unsaturated/α-hetero) is 1. The highest BCUT2D eigenvalue weighted by molar-refractivity contribution is 5.98. The number of methoxy groups -OCH3 is 2. The molecule has 0 amide bonds. The van der Waals surface area contributed by atoms with Gasteiger partial charge in [0, 0.05) is 32.2 Å². The number of hydrogen-bond donors (Lipinski definition) is 0. The Morgan fingerprint density at radius 2 is 1.85 bits per heavy atom. The van der Waals surface area contributed by atoms with Crippen molar-refractivity contribution in [3.63, 3.8) is 0 Å². The molecule has 0 saturated carbocycles. The second kappa shape index (κ2) is 4.69. The second-order valence-corrected chi connectivity index (χ2v) is 2.40. The van der Waals surface area contributed by atoms with Crippen LogP contribution in [0.3, 0.4) is 0 Å². The van der Waals surface area contributed by atoms with E-state index in [0.29, 0.717) is 5.56 Å². The highest BCUT2D eigenvalue weighted by Gasteiger charge is 2.17. The van der Waals surface area contributed by atoms with Gasteiger partial charge in [0.15, 0.2) is 0 Å². The fraction of sp³-hybridized carbons (Fsp3) is 0.333. The van der Waals surface area contributed by atoms with Crippen molar-refractivity contribution in [1.29, 1.82) is 0 Å². The zero-order valence-electron chi connectivity index (χ0n) is 7.56. The van der Waals surface area contributed by atoms with Crippen molar-refractivity contribution in [3.05, 3.63) is 30.1 Å². The zero-order chi connectivity index (χ0) is 9.68. The number of ether oxygens (including phenoxy) is 2. The smallest absolute Gasteiger partial charge is 0.222 e. The van der Waals surface area contributed by atoms with Crippen LogP contribution in [-0.4, -0.2) is 31.3 Å². The molecule has 0 aliphatic carbocycles. The molecule has 0 aliphatic rings. The molecule has 0 unspecified atom stereocenters. The lowest BCUT2D eigenvalue weighted by atomic mass is 10.2. The van der Waals surface area contributed by atoms with Crippen LogP contribution in [0.4, 0.5) is 0 Å². The number of ketones is 1. The normalized spacial score (nSPS) is 10.4. The third-order valence-electron chi connectivity index (χ3n) is 1.61. The molecule has 0 aromatic carbocycles. The number of aromatic nitrogens is 1. The number of rotatable bonds is 4. The van der Waals surface area contributed by atoms with Gasteiger partial charge in [-0.3, -0.25) is 9.78 Å². The van der Waals surface area contributed by atoms with E-state index in [4.69, 9.17) is 9.47 Å². The van der Waals surface area contributed by atoms with Gasteiger partial charge in [0.05, 0.1) is 0 Å². The summed E-state index contributed by atoms with van der Waals surface area (Å²) in [5.41, 5.74) is 0.531. The highest BCUT2D eigenvalue weighted by Crippen LogP contribution is 2.04. The Kier molecular flexibility index (Phi) is 3.54. The van der Waals surface area contributed by atoms with Crippen LogP contribution in [0, 0.1) is 0 Å². The zero-order valence-corrected chi connectivity index (χ0v) is 7.56. The van der Waals surface area contributed by atoms with E-state index in [0.717, 1.165) is 0 Å². The van der Waals surface area contributed by atoms with Crippen LogP contribution < -0.4 is 0 Å². The van der Waals surface area contributed by atoms with Crippen LogP contribution in [-0.2, 0) is 9.47 Å². The molecule has 13 heavy (non-hydrogen) atoms. The maximum absolute atomic E-state index is 11.5. The van der Waals surface area contributed by atoms with E-state index >= 15 is 0 Å². The van der Waals surface area contributed by atoms with E-state index in [1.165, 1.54) is 14.2 Å². The van der Waals surface area contributed by atoms with Gasteiger partial charge in [0.1, 0.15) is 0 Å². The molecule has 0 saturated heterocycles. The topological polar surface area (TPSA) is 48.4 Å². The predicted octanol–water partition coefficient (Wildman–Crippen LogP) is 0.883. The predicted molar refractivity (Wildman–Crippen MR) is 46.4 cm³/mol. The Bertz CT molecular complexity index is 269. The number of carbonyl (C=O) groups excluding carboxylic acids is 1. The van der Waals surface area contributed by atoms with Crippen LogP contribution in [0.2, 0.25) is 0 Å². The lowest BCUT2D eigenvalue weighted by Crippen LogP contribution is -2.24. The van der Waals surface area contributed by atoms with Crippen molar-refractivity contribution in [2.24, 2.45) is 0 Å². The molecule has 1 aromatic rings. The van der Waals surface area contributed by atoms with Gasteiger partial charge in [-0.15, -0.1) is 0 Å². The molecule has 0 radical (unpaired) electrons. The number of carbonyl (C=O) groups is 1. The van der Waals surface area contributed by atoms with Gasteiger partial charge in [-0.1, -0.05) is 0 Å². The molecule has 70 valence electrons. The van der Waals surface area contributed by atoms with Crippen LogP contribution in [0.15, 0.2) is 24.5 Å². The monoisotopic (exact) mass is 181 g/mol. The third kappa shape index (κ3) is 2.34. The van der Waals surface area contributed by atoms with Crippen molar-refractivity contribution in [2.75, 3.05) is 14.2 Å². The molecule has 1 rings (SSSR count). The maximum Gasteiger partial charge on any atom is 0.222 e. The van der Waals surface area contributed by atoms with Gasteiger partial charge in [0.25, 0.3) is 0 Å². The number of nitrogens with zero attached hydrogens (tertiary/aromatic N) is 1. The minimum absolute atomic E-state index is 0.201. The molecule has 4 nitrogen and oxygen atoms in total. The van der Waals surface area contributed by atoms with Crippen LogP contribution in [0.5, 0.6) is 0 Å². The second-order valence-electron chi connectivity index (χ2n) is 2.40. The first kappa shape index (κ1) is 9.83. The first-order valence-electron chi connectivity index (χ1n) is 3.79. The molecule has 0 bridgehead atoms. The molecule has 1 aromatic heterocycles. The Morgan fingerprint density at radius 3 is 2.31 bits per heavy atom. The quantitative estimate of drug-likeness (QED) is 0.511. The lowest BCUT2D eigenvalue weighted by Gasteiger charge is -2.11. The average Bonchev–Trinajstić information content (AvgIpc) is 2.21. The van der Waals surface area contributed by atoms with Gasteiger partial charge >= 0.3 is 0 Å². The lowest BCUT2D eigenvalue weighted by molar-refractivity contribution is -0.0742. The summed E-state index contributed by atoms with van der Waals surface area (Å²) >= 11 is 0. The molecule has 1 heterocycles. The number of hydrogen-bond acceptors (Lipinski definition) is 4. The van der Waals surface area contributed by atoms with Crippen molar-refractivity contribution in [3.8, 4) is 0 Å². The Morgan fingerprint density at radius 1 is 1.31 bits per heavy atom. The van der Waals surface area contributed by atoms with E-state index in [1.807, 2.05) is 0 Å². The SMILES string of the molecule is COC(OC)C(=O)c1ccncc1. The van der Waals surface area contributed by atoms with E-state index in [9.17, 15) is 4.79 Å². The van der Waals surface area contributed by atoms with Crippen molar-refractivity contribution in [2.45, 2.75) is 6.29 Å². The fourth-order valence-electron chi connectivity index (χ4n) is 0.963. The number of pyridine rings is 1. The summed E-state index contributed by atoms with van der Waals surface area (Å²) in [7, 11) is 2.85. The minimum atomic E-state index is -0.831. The molecule has 0 aliphatic heterocycles. The first-order chi connectivity index (χ1) is 6.29. The van der Waals surface area contributed by atoms with E-state index in [1.54, 1.807) is 24.5 Å². The Balaban J connectivity index is 2.78. The van der Waals surface area contributed by atoms with E-state index < -0.39 is 6.29 Å². The fourth-order valence-corrected chi connectivity index (χ4v) is 0.963. The van der Waals surface area contributed by atoms with Gasteiger partial charge in [0.2, 0.25) is 12.1 Å². The van der Waals surface area contributed by atoms with Crippen LogP contribution in [0.25, 0.3) is 0 Å². The summed E-state index contributed by atoms with van der Waals surface area (Å²) < 4.78 is 9.65. The summed E-state index contributed by atoms with van der Waals surface area (Å²) in [5, 5.41) is 0. The van der Waals surface area contributed by atoms with E-state index in [2.05, 4.69) is 4.98 Å². The van der Waals surface area contributed by atoms with Crippen molar-refractivity contribution in [1.82, 2.24) is 4.98 Å². The Labute approximate surface area is 76.5 Å². The summed E-state index contributed by atoms with van der Waals surface area (Å²) in [4.78, 5) is 15.3. The molecule has 0 N–H and O–H groups in total. The summed E-state index contributed by atoms with van der Waals surface area (Å²) in [6.45, 7) is 0. The average molecular weight is 181 g/mol. The third-order valence-corrected chi connectivity index (χ3v) is 1.61. The van der Waals surface area contributed by atoms with Crippen molar-refractivity contribution < 1.29 is 14.3 Å². The van der Waals surface area contributed by atoms with Gasteiger partial charge in [-0.2, -0.15) is 0 Å². The summed E-state index contributed by atoms with van der Waals surface area (Å²) in [5.74, 6) is -0.201. The molecule has 0 spiro atoms. The molecule has 4 heteroatoms. The van der Waals surface area contributed by atoms with Gasteiger partial charge < -0.3 is 9.47 Å². The molecule has 0 atom stereocenters. The highest BCUT2D eigenvalue weighted by atomic mass is 16.7. The molecule has 0 fully saturated rings.